The molecule has 0 radical (unpaired) electrons. The molecule has 5 heteroatoms. The van der Waals surface area contributed by atoms with Gasteiger partial charge < -0.3 is 10.1 Å². The third-order valence-electron chi connectivity index (χ3n) is 1.85. The molecule has 0 saturated carbocycles. The lowest BCUT2D eigenvalue weighted by atomic mass is 10.2. The molecular formula is C12H10BrNO3. The van der Waals surface area contributed by atoms with Crippen LogP contribution < -0.4 is 10.1 Å². The maximum atomic E-state index is 11.2. The first-order valence-electron chi connectivity index (χ1n) is 4.75. The van der Waals surface area contributed by atoms with Gasteiger partial charge in [-0.1, -0.05) is 21.9 Å². The van der Waals surface area contributed by atoms with Gasteiger partial charge in [0, 0.05) is 10.0 Å². The molecule has 0 spiro atoms. The highest BCUT2D eigenvalue weighted by Gasteiger charge is 2.04. The fourth-order valence-electron chi connectivity index (χ4n) is 1.05. The van der Waals surface area contributed by atoms with Gasteiger partial charge in [0.1, 0.15) is 5.75 Å². The van der Waals surface area contributed by atoms with Crippen molar-refractivity contribution < 1.29 is 14.3 Å². The fourth-order valence-corrected chi connectivity index (χ4v) is 1.39. The molecule has 0 heterocycles. The molecule has 0 atom stereocenters. The zero-order chi connectivity index (χ0) is 12.7. The number of terminal acetylenes is 1. The van der Waals surface area contributed by atoms with E-state index in [0.717, 1.165) is 0 Å². The second-order valence-electron chi connectivity index (χ2n) is 3.07. The minimum Gasteiger partial charge on any atom is -0.484 e. The number of amides is 1. The van der Waals surface area contributed by atoms with Crippen molar-refractivity contribution in [2.24, 2.45) is 0 Å². The van der Waals surface area contributed by atoms with Crippen LogP contribution in [0.3, 0.4) is 0 Å². The van der Waals surface area contributed by atoms with Gasteiger partial charge in [-0.2, -0.15) is 0 Å². The summed E-state index contributed by atoms with van der Waals surface area (Å²) in [5.74, 6) is 2.43. The number of benzene rings is 1. The summed E-state index contributed by atoms with van der Waals surface area (Å²) in [5.41, 5.74) is 0.464. The molecule has 0 saturated heterocycles. The topological polar surface area (TPSA) is 55.4 Å². The average Bonchev–Trinajstić information content (AvgIpc) is 2.35. The predicted molar refractivity (Wildman–Crippen MR) is 66.9 cm³/mol. The molecule has 17 heavy (non-hydrogen) atoms. The number of hydrogen-bond acceptors (Lipinski definition) is 3. The molecule has 0 aliphatic carbocycles. The van der Waals surface area contributed by atoms with Crippen LogP contribution in [0.1, 0.15) is 10.4 Å². The molecule has 1 N–H and O–H groups in total. The smallest absolute Gasteiger partial charge is 0.258 e. The first kappa shape index (κ1) is 13.3. The summed E-state index contributed by atoms with van der Waals surface area (Å²) in [7, 11) is 0. The van der Waals surface area contributed by atoms with Gasteiger partial charge in [0.2, 0.25) is 0 Å². The van der Waals surface area contributed by atoms with E-state index in [-0.39, 0.29) is 19.1 Å². The van der Waals surface area contributed by atoms with E-state index in [1.165, 1.54) is 0 Å². The number of carbonyl (C=O) groups is 2. The third kappa shape index (κ3) is 4.29. The summed E-state index contributed by atoms with van der Waals surface area (Å²) >= 11 is 3.22. The number of nitrogens with one attached hydrogen (secondary N) is 1. The second kappa shape index (κ2) is 6.71. The Balaban J connectivity index is 2.55. The van der Waals surface area contributed by atoms with Crippen molar-refractivity contribution in [2.45, 2.75) is 0 Å². The highest BCUT2D eigenvalue weighted by Crippen LogP contribution is 2.20. The van der Waals surface area contributed by atoms with E-state index in [0.29, 0.717) is 22.1 Å². The Morgan fingerprint density at radius 3 is 3.00 bits per heavy atom. The van der Waals surface area contributed by atoms with Crippen molar-refractivity contribution in [3.63, 3.8) is 0 Å². The number of carbonyl (C=O) groups excluding carboxylic acids is 2. The number of halogens is 1. The van der Waals surface area contributed by atoms with Crippen LogP contribution in [0, 0.1) is 12.3 Å². The molecule has 0 aliphatic rings. The molecule has 1 rings (SSSR count). The molecule has 1 amide bonds. The Morgan fingerprint density at radius 1 is 1.59 bits per heavy atom. The van der Waals surface area contributed by atoms with E-state index in [1.807, 2.05) is 0 Å². The van der Waals surface area contributed by atoms with Crippen LogP contribution in [0.25, 0.3) is 0 Å². The third-order valence-corrected chi connectivity index (χ3v) is 2.57. The molecule has 0 aliphatic heterocycles. The summed E-state index contributed by atoms with van der Waals surface area (Å²) in [5, 5.41) is 2.46. The van der Waals surface area contributed by atoms with Gasteiger partial charge in [0.05, 0.1) is 6.54 Å². The van der Waals surface area contributed by atoms with Gasteiger partial charge in [0.15, 0.2) is 12.9 Å². The van der Waals surface area contributed by atoms with Gasteiger partial charge in [-0.3, -0.25) is 9.59 Å². The molecule has 0 unspecified atom stereocenters. The van der Waals surface area contributed by atoms with Crippen molar-refractivity contribution in [1.29, 1.82) is 0 Å². The number of hydrogen-bond donors (Lipinski definition) is 1. The normalized spacial score (nSPS) is 9.18. The molecule has 88 valence electrons. The molecule has 1 aromatic carbocycles. The van der Waals surface area contributed by atoms with E-state index < -0.39 is 0 Å². The quantitative estimate of drug-likeness (QED) is 0.660. The van der Waals surface area contributed by atoms with Gasteiger partial charge in [-0.15, -0.1) is 6.42 Å². The SMILES string of the molecule is C#CCNC(=O)COc1ccc(Br)c(C=O)c1. The van der Waals surface area contributed by atoms with Crippen LogP contribution in [-0.2, 0) is 4.79 Å². The summed E-state index contributed by atoms with van der Waals surface area (Å²) in [6.07, 6.45) is 5.69. The standard InChI is InChI=1S/C12H10BrNO3/c1-2-5-14-12(16)8-17-10-3-4-11(13)9(6-10)7-15/h1,3-4,6-7H,5,8H2,(H,14,16). The van der Waals surface area contributed by atoms with Crippen LogP contribution in [0.4, 0.5) is 0 Å². The van der Waals surface area contributed by atoms with E-state index in [2.05, 4.69) is 27.2 Å². The number of aldehydes is 1. The Labute approximate surface area is 107 Å². The van der Waals surface area contributed by atoms with E-state index in [4.69, 9.17) is 11.2 Å². The Bertz CT molecular complexity index is 465. The summed E-state index contributed by atoms with van der Waals surface area (Å²) in [6.45, 7) is 0.0315. The highest BCUT2D eigenvalue weighted by molar-refractivity contribution is 9.10. The van der Waals surface area contributed by atoms with Crippen LogP contribution >= 0.6 is 15.9 Å². The van der Waals surface area contributed by atoms with Gasteiger partial charge in [-0.25, -0.2) is 0 Å². The average molecular weight is 296 g/mol. The van der Waals surface area contributed by atoms with E-state index in [9.17, 15) is 9.59 Å². The molecule has 0 fully saturated rings. The fraction of sp³-hybridized carbons (Fsp3) is 0.167. The van der Waals surface area contributed by atoms with Crippen molar-refractivity contribution in [1.82, 2.24) is 5.32 Å². The first-order valence-corrected chi connectivity index (χ1v) is 5.54. The van der Waals surface area contributed by atoms with E-state index in [1.54, 1.807) is 18.2 Å². The summed E-state index contributed by atoms with van der Waals surface area (Å²) in [6, 6.07) is 4.88. The number of ether oxygens (including phenoxy) is 1. The van der Waals surface area contributed by atoms with Crippen molar-refractivity contribution in [2.75, 3.05) is 13.2 Å². The molecule has 1 aromatic rings. The Morgan fingerprint density at radius 2 is 2.35 bits per heavy atom. The molecular weight excluding hydrogens is 286 g/mol. The lowest BCUT2D eigenvalue weighted by Crippen LogP contribution is -2.29. The predicted octanol–water partition coefficient (Wildman–Crippen LogP) is 1.39. The summed E-state index contributed by atoms with van der Waals surface area (Å²) < 4.78 is 5.88. The maximum Gasteiger partial charge on any atom is 0.258 e. The molecule has 0 bridgehead atoms. The second-order valence-corrected chi connectivity index (χ2v) is 3.93. The molecule has 4 nitrogen and oxygen atoms in total. The lowest BCUT2D eigenvalue weighted by molar-refractivity contribution is -0.122. The van der Waals surface area contributed by atoms with Crippen molar-refractivity contribution >= 4 is 28.1 Å². The van der Waals surface area contributed by atoms with Crippen LogP contribution in [0.2, 0.25) is 0 Å². The monoisotopic (exact) mass is 295 g/mol. The summed E-state index contributed by atoms with van der Waals surface area (Å²) in [4.78, 5) is 21.9. The van der Waals surface area contributed by atoms with Crippen molar-refractivity contribution in [3.8, 4) is 18.1 Å². The zero-order valence-electron chi connectivity index (χ0n) is 8.90. The Kier molecular flexibility index (Phi) is 5.24. The minimum atomic E-state index is -0.307. The Hall–Kier alpha value is -1.80. The van der Waals surface area contributed by atoms with Gasteiger partial charge in [-0.05, 0) is 18.2 Å². The zero-order valence-corrected chi connectivity index (χ0v) is 10.5. The van der Waals surface area contributed by atoms with E-state index >= 15 is 0 Å². The van der Waals surface area contributed by atoms with Gasteiger partial charge >= 0.3 is 0 Å². The minimum absolute atomic E-state index is 0.137. The van der Waals surface area contributed by atoms with Crippen molar-refractivity contribution in [3.05, 3.63) is 28.2 Å². The van der Waals surface area contributed by atoms with Crippen LogP contribution in [-0.4, -0.2) is 25.3 Å². The number of rotatable bonds is 5. The lowest BCUT2D eigenvalue weighted by Gasteiger charge is -2.06. The van der Waals surface area contributed by atoms with Crippen LogP contribution in [0.15, 0.2) is 22.7 Å². The van der Waals surface area contributed by atoms with Crippen LogP contribution in [0.5, 0.6) is 5.75 Å². The van der Waals surface area contributed by atoms with Gasteiger partial charge in [0.25, 0.3) is 5.91 Å². The maximum absolute atomic E-state index is 11.2. The largest absolute Gasteiger partial charge is 0.484 e. The molecule has 0 aromatic heterocycles. The highest BCUT2D eigenvalue weighted by atomic mass is 79.9. The first-order chi connectivity index (χ1) is 8.17.